The lowest BCUT2D eigenvalue weighted by Gasteiger charge is -2.43. The lowest BCUT2D eigenvalue weighted by Crippen LogP contribution is -2.54. The normalized spacial score (nSPS) is 23.5. The number of hydrogen-bond acceptors (Lipinski definition) is 6. The van der Waals surface area contributed by atoms with E-state index in [1.54, 1.807) is 26.0 Å². The number of piperidine rings is 1. The van der Waals surface area contributed by atoms with Gasteiger partial charge in [0, 0.05) is 24.6 Å². The molecular formula is C29H34F6N4O4. The van der Waals surface area contributed by atoms with Gasteiger partial charge in [0.1, 0.15) is 17.6 Å². The number of nitrogens with zero attached hydrogens (tertiary/aromatic N) is 3. The van der Waals surface area contributed by atoms with Crippen LogP contribution in [0.15, 0.2) is 36.5 Å². The predicted molar refractivity (Wildman–Crippen MR) is 144 cm³/mol. The van der Waals surface area contributed by atoms with Crippen LogP contribution in [0.5, 0.6) is 5.75 Å². The van der Waals surface area contributed by atoms with Gasteiger partial charge in [-0.15, -0.1) is 0 Å². The minimum Gasteiger partial charge on any atom is -0.492 e. The molecule has 8 nitrogen and oxygen atoms in total. The Kier molecular flexibility index (Phi) is 9.60. The van der Waals surface area contributed by atoms with Crippen LogP contribution >= 0.6 is 0 Å². The fourth-order valence-electron chi connectivity index (χ4n) is 5.67. The fraction of sp³-hybridized carbons (Fsp3) is 0.552. The van der Waals surface area contributed by atoms with E-state index in [4.69, 9.17) is 10.5 Å². The summed E-state index contributed by atoms with van der Waals surface area (Å²) in [4.78, 5) is 31.1. The first-order valence-electron chi connectivity index (χ1n) is 13.9. The molecule has 3 heterocycles. The molecule has 2 aliphatic heterocycles. The number of aromatic nitrogens is 1. The summed E-state index contributed by atoms with van der Waals surface area (Å²) < 4.78 is 86.5. The van der Waals surface area contributed by atoms with Crippen molar-refractivity contribution in [3.8, 4) is 17.0 Å². The molecule has 0 bridgehead atoms. The Hall–Kier alpha value is -3.39. The molecular weight excluding hydrogens is 582 g/mol. The first-order chi connectivity index (χ1) is 20.1. The van der Waals surface area contributed by atoms with Crippen LogP contribution in [0.4, 0.5) is 26.3 Å². The third-order valence-electron chi connectivity index (χ3n) is 8.04. The Balaban J connectivity index is 1.35. The number of carbonyl (C=O) groups excluding carboxylic acids is 2. The molecule has 0 radical (unpaired) electrons. The molecule has 4 rings (SSSR count). The number of aliphatic hydroxyl groups is 1. The number of halogens is 6. The lowest BCUT2D eigenvalue weighted by molar-refractivity contribution is -0.289. The molecule has 2 aliphatic rings. The average molecular weight is 617 g/mol. The van der Waals surface area contributed by atoms with Gasteiger partial charge in [0.15, 0.2) is 0 Å². The van der Waals surface area contributed by atoms with E-state index in [0.29, 0.717) is 29.8 Å². The Morgan fingerprint density at radius 3 is 2.44 bits per heavy atom. The van der Waals surface area contributed by atoms with Gasteiger partial charge in [0.25, 0.3) is 5.91 Å². The van der Waals surface area contributed by atoms with Crippen molar-refractivity contribution in [2.75, 3.05) is 26.2 Å². The quantitative estimate of drug-likeness (QED) is 0.408. The number of nitrogens with two attached hydrogens (primary N) is 1. The summed E-state index contributed by atoms with van der Waals surface area (Å²) >= 11 is 0. The largest absolute Gasteiger partial charge is 0.492 e. The Bertz CT molecular complexity index is 1310. The second-order valence-corrected chi connectivity index (χ2v) is 11.5. The molecule has 3 N–H and O–H groups in total. The molecule has 236 valence electrons. The van der Waals surface area contributed by atoms with Crippen molar-refractivity contribution in [3.05, 3.63) is 47.9 Å². The van der Waals surface area contributed by atoms with Crippen LogP contribution < -0.4 is 10.5 Å². The maximum Gasteiger partial charge on any atom is 0.454 e. The second-order valence-electron chi connectivity index (χ2n) is 11.5. The second kappa shape index (κ2) is 12.7. The molecule has 0 spiro atoms. The highest BCUT2D eigenvalue weighted by Crippen LogP contribution is 2.39. The number of primary amides is 1. The third-order valence-corrected chi connectivity index (χ3v) is 8.04. The van der Waals surface area contributed by atoms with Crippen LogP contribution in [0.25, 0.3) is 11.3 Å². The van der Waals surface area contributed by atoms with Crippen molar-refractivity contribution >= 4 is 11.8 Å². The maximum atomic E-state index is 15.0. The maximum absolute atomic E-state index is 15.0. The van der Waals surface area contributed by atoms with Crippen LogP contribution in [-0.4, -0.2) is 88.2 Å². The van der Waals surface area contributed by atoms with Gasteiger partial charge in [-0.3, -0.25) is 19.5 Å². The van der Waals surface area contributed by atoms with Crippen LogP contribution in [-0.2, 0) is 4.79 Å². The summed E-state index contributed by atoms with van der Waals surface area (Å²) in [6.07, 6.45) is -4.34. The number of benzene rings is 1. The number of carbonyl (C=O) groups is 2. The van der Waals surface area contributed by atoms with Crippen LogP contribution in [0.3, 0.4) is 0 Å². The summed E-state index contributed by atoms with van der Waals surface area (Å²) in [5.74, 6) is -6.98. The molecule has 0 saturated carbocycles. The highest BCUT2D eigenvalue weighted by Gasteiger charge is 2.58. The molecule has 1 aromatic carbocycles. The molecule has 0 aliphatic carbocycles. The summed E-state index contributed by atoms with van der Waals surface area (Å²) in [6, 6.07) is 5.60. The standard InChI is InChI=1S/C29H34F6N4O4/c1-16(2)24-9-17(7-8-38(24)15-28(31,32)29(33,34)35)14-43-20-4-6-23(37-12-20)18-3-5-21(22(30)10-18)27(42)39-13-19(40)11-25(39)26(36)41/h3-6,10,12,16-17,19,24-25,40H,7-9,11,13-15H2,1-2H3,(H2,36,41). The van der Waals surface area contributed by atoms with Crippen molar-refractivity contribution < 1.29 is 45.8 Å². The number of rotatable bonds is 9. The summed E-state index contributed by atoms with van der Waals surface area (Å²) in [5.41, 5.74) is 5.80. The zero-order chi connectivity index (χ0) is 31.7. The minimum atomic E-state index is -5.60. The fourth-order valence-corrected chi connectivity index (χ4v) is 5.67. The van der Waals surface area contributed by atoms with Crippen LogP contribution in [0, 0.1) is 17.7 Å². The van der Waals surface area contributed by atoms with Crippen LogP contribution in [0.2, 0.25) is 0 Å². The first kappa shape index (κ1) is 32.5. The highest BCUT2D eigenvalue weighted by molar-refractivity contribution is 5.98. The van der Waals surface area contributed by atoms with Gasteiger partial charge >= 0.3 is 12.1 Å². The monoisotopic (exact) mass is 616 g/mol. The molecule has 2 aromatic rings. The predicted octanol–water partition coefficient (Wildman–Crippen LogP) is 4.26. The summed E-state index contributed by atoms with van der Waals surface area (Å²) in [5, 5.41) is 9.84. The van der Waals surface area contributed by atoms with E-state index in [1.807, 2.05) is 0 Å². The number of β-amino-alcohol motifs (C(OH)–C–C–N with tert-alkyl or cyclic N) is 1. The van der Waals surface area contributed by atoms with Crippen LogP contribution in [0.1, 0.15) is 43.5 Å². The zero-order valence-corrected chi connectivity index (χ0v) is 23.7. The van der Waals surface area contributed by atoms with E-state index in [-0.39, 0.29) is 43.5 Å². The smallest absolute Gasteiger partial charge is 0.454 e. The van der Waals surface area contributed by atoms with E-state index in [9.17, 15) is 41.0 Å². The van der Waals surface area contributed by atoms with Gasteiger partial charge in [-0.05, 0) is 55.5 Å². The molecule has 2 amide bonds. The van der Waals surface area contributed by atoms with Gasteiger partial charge in [0.05, 0.1) is 36.7 Å². The lowest BCUT2D eigenvalue weighted by atomic mass is 9.85. The van der Waals surface area contributed by atoms with E-state index in [1.165, 1.54) is 23.2 Å². The van der Waals surface area contributed by atoms with Crippen molar-refractivity contribution in [3.63, 3.8) is 0 Å². The van der Waals surface area contributed by atoms with Gasteiger partial charge in [-0.1, -0.05) is 19.9 Å². The topological polar surface area (TPSA) is 109 Å². The third kappa shape index (κ3) is 7.40. The number of likely N-dealkylation sites (tertiary alicyclic amines) is 2. The minimum absolute atomic E-state index is 0.0164. The number of alkyl halides is 5. The van der Waals surface area contributed by atoms with Gasteiger partial charge in [0.2, 0.25) is 5.91 Å². The van der Waals surface area contributed by atoms with Crippen molar-refractivity contribution in [1.82, 2.24) is 14.8 Å². The van der Waals surface area contributed by atoms with E-state index in [0.717, 1.165) is 11.0 Å². The SMILES string of the molecule is CC(C)C1CC(COc2ccc(-c3ccc(C(=O)N4CC(O)CC4C(N)=O)c(F)c3)nc2)CCN1CC(F)(F)C(F)(F)F. The van der Waals surface area contributed by atoms with Crippen molar-refractivity contribution in [2.24, 2.45) is 17.6 Å². The van der Waals surface area contributed by atoms with Gasteiger partial charge in [-0.25, -0.2) is 4.39 Å². The molecule has 43 heavy (non-hydrogen) atoms. The first-order valence-corrected chi connectivity index (χ1v) is 13.9. The van der Waals surface area contributed by atoms with Gasteiger partial charge < -0.3 is 20.5 Å². The van der Waals surface area contributed by atoms with Gasteiger partial charge in [-0.2, -0.15) is 22.0 Å². The zero-order valence-electron chi connectivity index (χ0n) is 23.7. The number of amides is 2. The summed E-state index contributed by atoms with van der Waals surface area (Å²) in [7, 11) is 0. The molecule has 1 aromatic heterocycles. The van der Waals surface area contributed by atoms with E-state index in [2.05, 4.69) is 4.98 Å². The molecule has 14 heteroatoms. The number of ether oxygens (including phenoxy) is 1. The van der Waals surface area contributed by atoms with Crippen molar-refractivity contribution in [2.45, 2.75) is 63.4 Å². The Morgan fingerprint density at radius 2 is 1.86 bits per heavy atom. The summed E-state index contributed by atoms with van der Waals surface area (Å²) in [6.45, 7) is 2.37. The highest BCUT2D eigenvalue weighted by atomic mass is 19.4. The molecule has 2 fully saturated rings. The van der Waals surface area contributed by atoms with E-state index < -0.39 is 54.5 Å². The Labute approximate surface area is 244 Å². The van der Waals surface area contributed by atoms with E-state index >= 15 is 0 Å². The number of aliphatic hydroxyl groups excluding tert-OH is 1. The Morgan fingerprint density at radius 1 is 1.14 bits per heavy atom. The molecule has 4 unspecified atom stereocenters. The number of pyridine rings is 1. The molecule has 4 atom stereocenters. The number of hydrogen-bond donors (Lipinski definition) is 2. The molecule has 2 saturated heterocycles. The average Bonchev–Trinajstić information content (AvgIpc) is 3.33. The van der Waals surface area contributed by atoms with Crippen molar-refractivity contribution in [1.29, 1.82) is 0 Å².